The lowest BCUT2D eigenvalue weighted by Gasteiger charge is -2.36. The highest BCUT2D eigenvalue weighted by Crippen LogP contribution is 2.28. The van der Waals surface area contributed by atoms with Crippen molar-refractivity contribution in [3.63, 3.8) is 0 Å². The molecule has 2 rings (SSSR count). The minimum atomic E-state index is -0.0915. The van der Waals surface area contributed by atoms with Gasteiger partial charge in [0.15, 0.2) is 0 Å². The standard InChI is InChI=1S/C14H19ClN2OS/c1-14(2)8-10(5-6-18-14)17-12-4-3-9(15)7-11(12)13(16)19/h3-4,7,10,17H,5-6,8H2,1-2H3,(H2,16,19). The summed E-state index contributed by atoms with van der Waals surface area (Å²) < 4.78 is 5.72. The maximum atomic E-state index is 5.99. The van der Waals surface area contributed by atoms with E-state index >= 15 is 0 Å². The Balaban J connectivity index is 2.17. The lowest BCUT2D eigenvalue weighted by Crippen LogP contribution is -2.40. The number of rotatable bonds is 3. The smallest absolute Gasteiger partial charge is 0.106 e. The number of ether oxygens (including phenoxy) is 1. The molecule has 19 heavy (non-hydrogen) atoms. The summed E-state index contributed by atoms with van der Waals surface area (Å²) in [7, 11) is 0. The van der Waals surface area contributed by atoms with E-state index in [2.05, 4.69) is 19.2 Å². The molecule has 0 bridgehead atoms. The molecular weight excluding hydrogens is 280 g/mol. The Bertz CT molecular complexity index is 490. The Labute approximate surface area is 124 Å². The van der Waals surface area contributed by atoms with Crippen LogP contribution in [0.4, 0.5) is 5.69 Å². The first-order valence-corrected chi connectivity index (χ1v) is 7.16. The number of thiocarbonyl (C=S) groups is 1. The van der Waals surface area contributed by atoms with Crippen LogP contribution >= 0.6 is 23.8 Å². The predicted octanol–water partition coefficient (Wildman–Crippen LogP) is 3.34. The molecule has 0 spiro atoms. The molecule has 1 heterocycles. The monoisotopic (exact) mass is 298 g/mol. The fraction of sp³-hybridized carbons (Fsp3) is 0.500. The zero-order valence-electron chi connectivity index (χ0n) is 11.2. The Morgan fingerprint density at radius 2 is 2.26 bits per heavy atom. The zero-order chi connectivity index (χ0) is 14.0. The normalized spacial score (nSPS) is 21.9. The second-order valence-electron chi connectivity index (χ2n) is 5.50. The molecule has 104 valence electrons. The van der Waals surface area contributed by atoms with Gasteiger partial charge >= 0.3 is 0 Å². The van der Waals surface area contributed by atoms with E-state index in [0.717, 1.165) is 30.7 Å². The van der Waals surface area contributed by atoms with Gasteiger partial charge in [-0.3, -0.25) is 0 Å². The average Bonchev–Trinajstić information content (AvgIpc) is 2.30. The predicted molar refractivity (Wildman–Crippen MR) is 84.0 cm³/mol. The summed E-state index contributed by atoms with van der Waals surface area (Å²) in [6.45, 7) is 4.98. The van der Waals surface area contributed by atoms with Crippen LogP contribution in [0.1, 0.15) is 32.3 Å². The zero-order valence-corrected chi connectivity index (χ0v) is 12.8. The van der Waals surface area contributed by atoms with Crippen molar-refractivity contribution >= 4 is 34.5 Å². The molecule has 1 aromatic rings. The summed E-state index contributed by atoms with van der Waals surface area (Å²) in [6, 6.07) is 5.93. The van der Waals surface area contributed by atoms with Gasteiger partial charge in [0.2, 0.25) is 0 Å². The maximum Gasteiger partial charge on any atom is 0.106 e. The van der Waals surface area contributed by atoms with Crippen LogP contribution < -0.4 is 11.1 Å². The first kappa shape index (κ1) is 14.6. The van der Waals surface area contributed by atoms with Crippen LogP contribution in [0.25, 0.3) is 0 Å². The molecule has 3 N–H and O–H groups in total. The van der Waals surface area contributed by atoms with Crippen molar-refractivity contribution in [2.24, 2.45) is 5.73 Å². The first-order valence-electron chi connectivity index (χ1n) is 6.37. The number of nitrogens with one attached hydrogen (secondary N) is 1. The number of benzene rings is 1. The third-order valence-corrected chi connectivity index (χ3v) is 3.76. The van der Waals surface area contributed by atoms with Gasteiger partial charge in [-0.15, -0.1) is 0 Å². The minimum Gasteiger partial charge on any atom is -0.389 e. The Kier molecular flexibility index (Phi) is 4.33. The summed E-state index contributed by atoms with van der Waals surface area (Å²) in [6.07, 6.45) is 1.93. The SMILES string of the molecule is CC1(C)CC(Nc2ccc(Cl)cc2C(N)=S)CCO1. The fourth-order valence-corrected chi connectivity index (χ4v) is 2.76. The summed E-state index contributed by atoms with van der Waals surface area (Å²) in [4.78, 5) is 0.358. The van der Waals surface area contributed by atoms with E-state index in [-0.39, 0.29) is 5.60 Å². The van der Waals surface area contributed by atoms with Gasteiger partial charge in [0.1, 0.15) is 4.99 Å². The van der Waals surface area contributed by atoms with Gasteiger partial charge in [-0.1, -0.05) is 23.8 Å². The quantitative estimate of drug-likeness (QED) is 0.840. The molecule has 0 aliphatic carbocycles. The van der Waals surface area contributed by atoms with Gasteiger partial charge < -0.3 is 15.8 Å². The van der Waals surface area contributed by atoms with E-state index < -0.39 is 0 Å². The molecule has 5 heteroatoms. The van der Waals surface area contributed by atoms with Gasteiger partial charge in [-0.25, -0.2) is 0 Å². The molecule has 1 aliphatic heterocycles. The van der Waals surface area contributed by atoms with E-state index in [1.807, 2.05) is 12.1 Å². The van der Waals surface area contributed by atoms with Crippen LogP contribution in [0.5, 0.6) is 0 Å². The van der Waals surface area contributed by atoms with E-state index in [4.69, 9.17) is 34.3 Å². The Hall–Kier alpha value is -0.840. The third kappa shape index (κ3) is 3.81. The fourth-order valence-electron chi connectivity index (χ4n) is 2.42. The largest absolute Gasteiger partial charge is 0.389 e. The molecule has 3 nitrogen and oxygen atoms in total. The highest BCUT2D eigenvalue weighted by molar-refractivity contribution is 7.80. The lowest BCUT2D eigenvalue weighted by atomic mass is 9.93. The van der Waals surface area contributed by atoms with Crippen molar-refractivity contribution in [1.82, 2.24) is 0 Å². The van der Waals surface area contributed by atoms with Crippen molar-refractivity contribution < 1.29 is 4.74 Å². The number of anilines is 1. The molecule has 0 saturated carbocycles. The lowest BCUT2D eigenvalue weighted by molar-refractivity contribution is -0.0553. The van der Waals surface area contributed by atoms with Crippen LogP contribution in [0.2, 0.25) is 5.02 Å². The summed E-state index contributed by atoms with van der Waals surface area (Å²) >= 11 is 11.1. The number of halogens is 1. The number of hydrogen-bond donors (Lipinski definition) is 2. The van der Waals surface area contributed by atoms with Gasteiger partial charge in [0.05, 0.1) is 5.60 Å². The van der Waals surface area contributed by atoms with Gasteiger partial charge in [0, 0.05) is 28.9 Å². The highest BCUT2D eigenvalue weighted by atomic mass is 35.5. The molecule has 0 radical (unpaired) electrons. The van der Waals surface area contributed by atoms with E-state index in [1.165, 1.54) is 0 Å². The second kappa shape index (κ2) is 5.65. The van der Waals surface area contributed by atoms with Crippen LogP contribution in [0.3, 0.4) is 0 Å². The summed E-state index contributed by atoms with van der Waals surface area (Å²) in [5.41, 5.74) is 7.40. The van der Waals surface area contributed by atoms with Crippen molar-refractivity contribution in [3.05, 3.63) is 28.8 Å². The molecule has 1 unspecified atom stereocenters. The van der Waals surface area contributed by atoms with Crippen molar-refractivity contribution in [3.8, 4) is 0 Å². The van der Waals surface area contributed by atoms with Crippen molar-refractivity contribution in [2.45, 2.75) is 38.3 Å². The number of hydrogen-bond acceptors (Lipinski definition) is 3. The maximum absolute atomic E-state index is 5.99. The van der Waals surface area contributed by atoms with Crippen LogP contribution in [0.15, 0.2) is 18.2 Å². The molecule has 1 aliphatic rings. The number of nitrogens with two attached hydrogens (primary N) is 1. The highest BCUT2D eigenvalue weighted by Gasteiger charge is 2.29. The minimum absolute atomic E-state index is 0.0915. The molecule has 1 aromatic carbocycles. The average molecular weight is 299 g/mol. The molecule has 1 atom stereocenters. The molecule has 1 saturated heterocycles. The van der Waals surface area contributed by atoms with Crippen LogP contribution in [-0.2, 0) is 4.74 Å². The van der Waals surface area contributed by atoms with E-state index in [9.17, 15) is 0 Å². The summed E-state index contributed by atoms with van der Waals surface area (Å²) in [5.74, 6) is 0. The summed E-state index contributed by atoms with van der Waals surface area (Å²) in [5, 5.41) is 4.15. The van der Waals surface area contributed by atoms with Crippen LogP contribution in [-0.4, -0.2) is 23.2 Å². The van der Waals surface area contributed by atoms with Gasteiger partial charge in [-0.2, -0.15) is 0 Å². The molecule has 1 fully saturated rings. The molecular formula is C14H19ClN2OS. The Morgan fingerprint density at radius 3 is 2.89 bits per heavy atom. The van der Waals surface area contributed by atoms with Crippen molar-refractivity contribution in [1.29, 1.82) is 0 Å². The van der Waals surface area contributed by atoms with Gasteiger partial charge in [-0.05, 0) is 44.9 Å². The molecule has 0 aromatic heterocycles. The first-order chi connectivity index (χ1) is 8.87. The Morgan fingerprint density at radius 1 is 1.53 bits per heavy atom. The van der Waals surface area contributed by atoms with E-state index in [1.54, 1.807) is 6.07 Å². The van der Waals surface area contributed by atoms with Crippen molar-refractivity contribution in [2.75, 3.05) is 11.9 Å². The van der Waals surface area contributed by atoms with Crippen LogP contribution in [0, 0.1) is 0 Å². The topological polar surface area (TPSA) is 47.3 Å². The second-order valence-corrected chi connectivity index (χ2v) is 6.37. The van der Waals surface area contributed by atoms with Gasteiger partial charge in [0.25, 0.3) is 0 Å². The van der Waals surface area contributed by atoms with E-state index in [0.29, 0.717) is 16.1 Å². The third-order valence-electron chi connectivity index (χ3n) is 3.30. The molecule has 0 amide bonds.